The van der Waals surface area contributed by atoms with Crippen LogP contribution in [0.1, 0.15) is 2.74 Å². The van der Waals surface area contributed by atoms with Crippen LogP contribution in [-0.2, 0) is 0 Å². The zero-order chi connectivity index (χ0) is 11.0. The molecular formula is C8H7BrN4. The molecule has 0 amide bonds. The Kier molecular flexibility index (Phi) is 1.50. The van der Waals surface area contributed by atoms with Gasteiger partial charge in [0.25, 0.3) is 0 Å². The van der Waals surface area contributed by atoms with Gasteiger partial charge in [0.05, 0.1) is 1.37 Å². The first kappa shape index (κ1) is 6.15. The first-order valence-electron chi connectivity index (χ1n) is 4.53. The number of anilines is 1. The van der Waals surface area contributed by atoms with E-state index in [0.717, 1.165) is 0 Å². The number of pyridine rings is 1. The lowest BCUT2D eigenvalue weighted by atomic mass is 10.4. The Bertz CT molecular complexity index is 511. The summed E-state index contributed by atoms with van der Waals surface area (Å²) in [6.45, 7) is 0. The second kappa shape index (κ2) is 3.18. The molecule has 13 heavy (non-hydrogen) atoms. The van der Waals surface area contributed by atoms with Gasteiger partial charge in [-0.15, -0.1) is 0 Å². The molecule has 0 aromatic carbocycles. The summed E-state index contributed by atoms with van der Waals surface area (Å²) in [6.07, 6.45) is 1.56. The number of aromatic nitrogens is 3. The molecule has 0 aliphatic carbocycles. The van der Waals surface area contributed by atoms with Crippen molar-refractivity contribution in [1.29, 1.82) is 0 Å². The van der Waals surface area contributed by atoms with Crippen molar-refractivity contribution in [3.63, 3.8) is 0 Å². The van der Waals surface area contributed by atoms with Gasteiger partial charge in [-0.25, -0.2) is 9.97 Å². The van der Waals surface area contributed by atoms with Gasteiger partial charge in [-0.05, 0) is 22.0 Å². The van der Waals surface area contributed by atoms with E-state index in [0.29, 0.717) is 16.1 Å². The predicted molar refractivity (Wildman–Crippen MR) is 53.5 cm³/mol. The van der Waals surface area contributed by atoms with Crippen molar-refractivity contribution in [1.82, 2.24) is 14.5 Å². The van der Waals surface area contributed by atoms with Crippen LogP contribution in [0.5, 0.6) is 0 Å². The molecule has 0 aliphatic heterocycles. The fraction of sp³-hybridized carbons (Fsp3) is 0. The molecule has 0 radical (unpaired) electrons. The molecule has 2 aromatic heterocycles. The molecule has 2 heterocycles. The third kappa shape index (κ3) is 1.70. The van der Waals surface area contributed by atoms with Gasteiger partial charge in [-0.3, -0.25) is 4.57 Å². The molecule has 0 unspecified atom stereocenters. The second-order valence-electron chi connectivity index (χ2n) is 2.40. The van der Waals surface area contributed by atoms with Crippen molar-refractivity contribution >= 4 is 21.6 Å². The molecule has 0 bridgehead atoms. The van der Waals surface area contributed by atoms with E-state index in [-0.39, 0.29) is 12.5 Å². The van der Waals surface area contributed by atoms with Gasteiger partial charge < -0.3 is 5.73 Å². The molecule has 4 nitrogen and oxygen atoms in total. The molecule has 0 fully saturated rings. The minimum Gasteiger partial charge on any atom is -0.399 e. The molecule has 2 rings (SSSR count). The van der Waals surface area contributed by atoms with E-state index in [1.54, 1.807) is 12.1 Å². The van der Waals surface area contributed by atoms with E-state index < -0.39 is 0 Å². The number of nitrogen functional groups attached to an aromatic ring is 1. The second-order valence-corrected chi connectivity index (χ2v) is 3.15. The predicted octanol–water partition coefficient (Wildman–Crippen LogP) is 1.61. The third-order valence-corrected chi connectivity index (χ3v) is 1.81. The quantitative estimate of drug-likeness (QED) is 0.825. The van der Waals surface area contributed by atoms with Gasteiger partial charge in [0.2, 0.25) is 0 Å². The summed E-state index contributed by atoms with van der Waals surface area (Å²) in [5.74, 6) is 0.420. The van der Waals surface area contributed by atoms with Crippen LogP contribution in [0, 0.1) is 0 Å². The summed E-state index contributed by atoms with van der Waals surface area (Å²) in [7, 11) is 0. The lowest BCUT2D eigenvalue weighted by molar-refractivity contribution is 0.994. The molecule has 0 saturated carbocycles. The van der Waals surface area contributed by atoms with Crippen molar-refractivity contribution < 1.29 is 2.74 Å². The summed E-state index contributed by atoms with van der Waals surface area (Å²) in [4.78, 5) is 7.82. The van der Waals surface area contributed by atoms with E-state index in [4.69, 9.17) is 8.48 Å². The summed E-state index contributed by atoms with van der Waals surface area (Å²) >= 11 is 3.08. The SMILES string of the molecule is [2H]c1nc(Br)c([2H])n1-c1cc(N)ccn1. The van der Waals surface area contributed by atoms with Crippen LogP contribution in [0.3, 0.4) is 0 Å². The van der Waals surface area contributed by atoms with E-state index >= 15 is 0 Å². The first-order valence-corrected chi connectivity index (χ1v) is 4.32. The highest BCUT2D eigenvalue weighted by Gasteiger charge is 1.98. The van der Waals surface area contributed by atoms with Gasteiger partial charge in [0.15, 0.2) is 0 Å². The van der Waals surface area contributed by atoms with Crippen LogP contribution < -0.4 is 5.73 Å². The highest BCUT2D eigenvalue weighted by atomic mass is 79.9. The van der Waals surface area contributed by atoms with E-state index in [9.17, 15) is 0 Å². The monoisotopic (exact) mass is 240 g/mol. The maximum atomic E-state index is 7.68. The Morgan fingerprint density at radius 1 is 1.54 bits per heavy atom. The highest BCUT2D eigenvalue weighted by molar-refractivity contribution is 9.10. The maximum Gasteiger partial charge on any atom is 0.139 e. The Morgan fingerprint density at radius 2 is 2.38 bits per heavy atom. The van der Waals surface area contributed by atoms with Crippen molar-refractivity contribution in [2.75, 3.05) is 5.73 Å². The maximum absolute atomic E-state index is 7.68. The summed E-state index contributed by atoms with van der Waals surface area (Å²) in [5.41, 5.74) is 6.13. The topological polar surface area (TPSA) is 56.7 Å². The normalized spacial score (nSPS) is 12.4. The number of nitrogens with zero attached hydrogens (tertiary/aromatic N) is 3. The van der Waals surface area contributed by atoms with Crippen LogP contribution in [-0.4, -0.2) is 14.5 Å². The van der Waals surface area contributed by atoms with Crippen molar-refractivity contribution in [2.45, 2.75) is 0 Å². The molecule has 0 saturated heterocycles. The lowest BCUT2D eigenvalue weighted by Gasteiger charge is -2.00. The molecule has 0 atom stereocenters. The highest BCUT2D eigenvalue weighted by Crippen LogP contribution is 2.11. The van der Waals surface area contributed by atoms with Gasteiger partial charge in [0, 0.05) is 24.1 Å². The fourth-order valence-electron chi connectivity index (χ4n) is 0.901. The number of imidazole rings is 1. The van der Waals surface area contributed by atoms with Crippen LogP contribution in [0.25, 0.3) is 5.82 Å². The molecule has 66 valence electrons. The number of rotatable bonds is 1. The summed E-state index contributed by atoms with van der Waals surface area (Å²) < 4.78 is 16.8. The van der Waals surface area contributed by atoms with Crippen molar-refractivity contribution in [3.8, 4) is 5.82 Å². The van der Waals surface area contributed by atoms with Gasteiger partial charge in [-0.2, -0.15) is 0 Å². The average Bonchev–Trinajstić information content (AvgIpc) is 2.41. The molecule has 2 N–H and O–H groups in total. The molecule has 2 aromatic rings. The van der Waals surface area contributed by atoms with Crippen LogP contribution in [0.15, 0.2) is 35.4 Å². The molecular weight excluding hydrogens is 232 g/mol. The minimum atomic E-state index is -0.0509. The smallest absolute Gasteiger partial charge is 0.139 e. The molecule has 5 heteroatoms. The van der Waals surface area contributed by atoms with Crippen molar-refractivity contribution in [2.24, 2.45) is 0 Å². The van der Waals surface area contributed by atoms with E-state index in [1.165, 1.54) is 10.8 Å². The number of halogens is 1. The average molecular weight is 241 g/mol. The first-order chi connectivity index (χ1) is 7.09. The van der Waals surface area contributed by atoms with E-state index in [2.05, 4.69) is 25.9 Å². The third-order valence-electron chi connectivity index (χ3n) is 1.45. The minimum absolute atomic E-state index is 0.0509. The largest absolute Gasteiger partial charge is 0.399 e. The fourth-order valence-corrected chi connectivity index (χ4v) is 1.16. The zero-order valence-corrected chi connectivity index (χ0v) is 8.12. The standard InChI is InChI=1S/C8H7BrN4/c9-7-4-13(5-12-7)8-3-6(10)1-2-11-8/h1-5H,(H2,10,11)/i4D,5D. The Hall–Kier alpha value is -1.36. The van der Waals surface area contributed by atoms with Gasteiger partial charge >= 0.3 is 0 Å². The van der Waals surface area contributed by atoms with Crippen LogP contribution in [0.4, 0.5) is 5.69 Å². The number of hydrogen-bond donors (Lipinski definition) is 1. The Morgan fingerprint density at radius 3 is 3.00 bits per heavy atom. The van der Waals surface area contributed by atoms with Crippen LogP contribution in [0.2, 0.25) is 0 Å². The number of hydrogen-bond acceptors (Lipinski definition) is 3. The lowest BCUT2D eigenvalue weighted by Crippen LogP contribution is -1.95. The Balaban J connectivity index is 2.63. The van der Waals surface area contributed by atoms with Gasteiger partial charge in [-0.1, -0.05) is 0 Å². The summed E-state index contributed by atoms with van der Waals surface area (Å²) in [6, 6.07) is 3.23. The number of nitrogens with two attached hydrogens (primary N) is 1. The van der Waals surface area contributed by atoms with Crippen LogP contribution >= 0.6 is 15.9 Å². The summed E-state index contributed by atoms with van der Waals surface area (Å²) in [5, 5.41) is 0. The molecule has 0 aliphatic rings. The van der Waals surface area contributed by atoms with Crippen molar-refractivity contribution in [3.05, 3.63) is 35.4 Å². The van der Waals surface area contributed by atoms with E-state index in [1.807, 2.05) is 0 Å². The zero-order valence-electron chi connectivity index (χ0n) is 8.53. The Labute approximate surface area is 86.4 Å². The van der Waals surface area contributed by atoms with Gasteiger partial charge in [0.1, 0.15) is 18.1 Å². The molecule has 0 spiro atoms.